The third-order valence-electron chi connectivity index (χ3n) is 16.4. The minimum absolute atomic E-state index is 0.0277. The fraction of sp³-hybridized carbons (Fsp3) is 0.662. The summed E-state index contributed by atoms with van der Waals surface area (Å²) in [4.78, 5) is 132. The summed E-state index contributed by atoms with van der Waals surface area (Å²) in [6.45, 7) is 14.3. The van der Waals surface area contributed by atoms with Gasteiger partial charge in [-0.3, -0.25) is 49.2 Å². The first-order valence-electron chi connectivity index (χ1n) is 36.3. The van der Waals surface area contributed by atoms with Crippen LogP contribution in [0.1, 0.15) is 167 Å². The molecule has 5 rings (SSSR count). The summed E-state index contributed by atoms with van der Waals surface area (Å²) >= 11 is 1.88. The summed E-state index contributed by atoms with van der Waals surface area (Å²) in [7, 11) is 0. The predicted molar refractivity (Wildman–Crippen MR) is 392 cm³/mol. The molecule has 0 spiro atoms. The summed E-state index contributed by atoms with van der Waals surface area (Å²) in [5, 5.41) is 33.8. The Morgan fingerprint density at radius 3 is 1.85 bits per heavy atom. The monoisotopic (exact) mass is 1480 g/mol. The number of Topliss-reactive ketones (excluding diaryl/α,β-unsaturated/α-hetero) is 2. The number of nitrogens with one attached hydrogen (secondary N) is 13. The number of para-hydroxylation sites is 1. The number of urea groups is 1. The van der Waals surface area contributed by atoms with E-state index in [0.29, 0.717) is 177 Å². The lowest BCUT2D eigenvalue weighted by Gasteiger charge is -2.30. The van der Waals surface area contributed by atoms with Crippen molar-refractivity contribution in [2.45, 2.75) is 186 Å². The van der Waals surface area contributed by atoms with Crippen molar-refractivity contribution in [2.75, 3.05) is 122 Å². The Bertz CT molecular complexity index is 3060. The van der Waals surface area contributed by atoms with Crippen molar-refractivity contribution in [1.82, 2.24) is 58.3 Å². The molecule has 9 amide bonds. The number of hydrazine groups is 1. The van der Waals surface area contributed by atoms with Crippen LogP contribution in [0.4, 0.5) is 21.1 Å². The molecule has 2 saturated heterocycles. The van der Waals surface area contributed by atoms with Gasteiger partial charge in [-0.05, 0) is 128 Å². The zero-order valence-electron chi connectivity index (χ0n) is 61.2. The highest BCUT2D eigenvalue weighted by Crippen LogP contribution is 2.36. The molecule has 3 heterocycles. The lowest BCUT2D eigenvalue weighted by atomic mass is 9.73. The lowest BCUT2D eigenvalue weighted by Crippen LogP contribution is -2.47. The van der Waals surface area contributed by atoms with Crippen LogP contribution in [0.15, 0.2) is 70.1 Å². The predicted octanol–water partition coefficient (Wildman–Crippen LogP) is 5.75. The van der Waals surface area contributed by atoms with Gasteiger partial charge in [-0.15, -0.1) is 10.2 Å². The average molecular weight is 1480 g/mol. The Morgan fingerprint density at radius 2 is 1.20 bits per heavy atom. The summed E-state index contributed by atoms with van der Waals surface area (Å²) in [5.74, 6) is -1.30. The molecule has 1 saturated carbocycles. The van der Waals surface area contributed by atoms with E-state index in [1.807, 2.05) is 31.7 Å². The number of rotatable bonds is 52. The molecule has 2 aliphatic heterocycles. The first-order valence-corrected chi connectivity index (χ1v) is 37.4. The maximum atomic E-state index is 13.6. The number of pyridine rings is 1. The van der Waals surface area contributed by atoms with E-state index in [1.165, 1.54) is 12.3 Å². The summed E-state index contributed by atoms with van der Waals surface area (Å²) in [6.07, 6.45) is 10.4. The highest BCUT2D eigenvalue weighted by atomic mass is 32.2. The Kier molecular flexibility index (Phi) is 41.0. The molecule has 2 aromatic rings. The topological polar surface area (TPSA) is 432 Å². The number of nitrogens with zero attached hydrogens (tertiary/aromatic N) is 3. The van der Waals surface area contributed by atoms with Crippen LogP contribution in [-0.4, -0.2) is 210 Å². The number of thioether (sulfide) groups is 1. The molecule has 1 aromatic heterocycles. The quantitative estimate of drug-likeness (QED) is 0.00548. The number of amidine groups is 1. The maximum absolute atomic E-state index is 13.6. The molecule has 1 aromatic carbocycles. The molecular weight excluding hydrogens is 1360 g/mol. The fourth-order valence-electron chi connectivity index (χ4n) is 11.2. The number of aromatic nitrogens is 1. The lowest BCUT2D eigenvalue weighted by molar-refractivity contribution is -0.129. The second-order valence-electron chi connectivity index (χ2n) is 27.1. The molecule has 0 bridgehead atoms. The largest absolute Gasteiger partial charge is 0.443 e. The number of benzene rings is 1. The molecule has 3 aliphatic rings. The Morgan fingerprint density at radius 1 is 0.625 bits per heavy atom. The van der Waals surface area contributed by atoms with E-state index >= 15 is 0 Å². The molecule has 13 N–H and O–H groups in total. The van der Waals surface area contributed by atoms with Crippen LogP contribution in [0, 0.1) is 10.9 Å². The van der Waals surface area contributed by atoms with Gasteiger partial charge in [0.05, 0.1) is 81.8 Å². The van der Waals surface area contributed by atoms with Crippen LogP contribution >= 0.6 is 11.8 Å². The van der Waals surface area contributed by atoms with Crippen molar-refractivity contribution in [2.24, 2.45) is 15.6 Å². The van der Waals surface area contributed by atoms with Crippen molar-refractivity contribution in [3.8, 4) is 0 Å². The smallest absolute Gasteiger partial charge is 0.426 e. The van der Waals surface area contributed by atoms with E-state index in [4.69, 9.17) is 34.0 Å². The Hall–Kier alpha value is -8.37. The van der Waals surface area contributed by atoms with Gasteiger partial charge < -0.3 is 76.3 Å². The highest BCUT2D eigenvalue weighted by Gasteiger charge is 2.43. The van der Waals surface area contributed by atoms with Gasteiger partial charge in [-0.2, -0.15) is 11.8 Å². The van der Waals surface area contributed by atoms with Crippen LogP contribution in [0.3, 0.4) is 0 Å². The molecule has 33 heteroatoms. The molecule has 578 valence electrons. The second kappa shape index (κ2) is 49.4. The zero-order chi connectivity index (χ0) is 75.2. The van der Waals surface area contributed by atoms with Crippen LogP contribution in [-0.2, 0) is 62.0 Å². The number of anilines is 2. The molecule has 0 radical (unpaired) electrons. The van der Waals surface area contributed by atoms with Gasteiger partial charge in [-0.1, -0.05) is 44.9 Å². The fourth-order valence-corrected chi connectivity index (χ4v) is 12.8. The molecule has 32 nitrogen and oxygen atoms in total. The Labute approximate surface area is 614 Å². The third-order valence-corrected chi connectivity index (χ3v) is 17.9. The first-order chi connectivity index (χ1) is 50.1. The van der Waals surface area contributed by atoms with E-state index in [9.17, 15) is 47.9 Å². The molecule has 104 heavy (non-hydrogen) atoms. The zero-order valence-corrected chi connectivity index (χ0v) is 62.0. The van der Waals surface area contributed by atoms with Gasteiger partial charge in [0.2, 0.25) is 23.6 Å². The van der Waals surface area contributed by atoms with Gasteiger partial charge in [0.15, 0.2) is 11.6 Å². The number of carbonyl (C=O) groups excluding carboxylic acids is 10. The number of allylic oxidation sites excluding steroid dienone is 2. The standard InChI is InChI=1S/C71H112N16O16S/c1-70(2,3)103-69(97)87-85-58-29-28-50(48-79-58)65(93)76-31-16-7-10-27-61(92)80-53(66(94)77-33-19-37-99-41-45-102-44-40-98-36-18-32-75-60(91)26-14-12-24-57-63-54(49-104-57)81-68(96)82-63)23-15-17-30-74-59(90)25-13-11-22-52(62-55(88)46-71(4,5)47-56(62)89)73-34-38-100-42-43-101-39-35-78-67(95)64(83-72)86-84-51-20-8-6-9-21-51/h6,8-9,20-21,28-29,48,53-54,57,63,72-73,84H,7,10-19,22-27,30-47,49H2,1-5H3,(H,74,90)(H,75,91)(H,76,93)(H,77,94)(H,78,95)(H,79,85)(H,80,92)(H,87,97)(H2,81,82,96)/b83-72?,86-64-/t53-,54-,57?,63-/m0/s1. The van der Waals surface area contributed by atoms with Crippen molar-refractivity contribution in [3.63, 3.8) is 0 Å². The van der Waals surface area contributed by atoms with Gasteiger partial charge in [0.25, 0.3) is 17.6 Å². The number of ketones is 2. The number of ether oxygens (including phenoxy) is 6. The minimum atomic E-state index is -0.829. The SMILES string of the molecule is CC1(C)CC(=O)C(=C(CCCCC(=O)NCCCC[C@H](NC(=O)CCCCCNC(=O)c2ccc(NNC(=O)OC(C)(C)C)nc2)C(=O)NCCCOCCOCCOCCCNC(=O)CCCCC2SC[C@@H]3NC(=O)N[C@H]23)NCCOCCOCCNC(=O)/C(N=N)=N/Nc2ccccc2)C(=O)C1. The normalized spacial score (nSPS) is 16.4. The van der Waals surface area contributed by atoms with Gasteiger partial charge in [0, 0.05) is 107 Å². The summed E-state index contributed by atoms with van der Waals surface area (Å²) in [5.41, 5.74) is 15.5. The number of amides is 9. The van der Waals surface area contributed by atoms with Crippen molar-refractivity contribution in [3.05, 3.63) is 65.5 Å². The molecular formula is C71H112N16O16S. The summed E-state index contributed by atoms with van der Waals surface area (Å²) in [6, 6.07) is 11.5. The maximum Gasteiger partial charge on any atom is 0.426 e. The van der Waals surface area contributed by atoms with Gasteiger partial charge in [0.1, 0.15) is 17.5 Å². The van der Waals surface area contributed by atoms with E-state index < -0.39 is 29.1 Å². The van der Waals surface area contributed by atoms with Crippen molar-refractivity contribution < 1.29 is 76.4 Å². The number of fused-ring (bicyclic) bond motifs is 1. The summed E-state index contributed by atoms with van der Waals surface area (Å²) < 4.78 is 33.5. The first kappa shape index (κ1) is 86.3. The molecule has 1 aliphatic carbocycles. The number of hydrogen-bond donors (Lipinski definition) is 13. The van der Waals surface area contributed by atoms with Gasteiger partial charge in [-0.25, -0.2) is 25.5 Å². The molecule has 3 fully saturated rings. The van der Waals surface area contributed by atoms with Crippen LogP contribution in [0.2, 0.25) is 0 Å². The van der Waals surface area contributed by atoms with E-state index in [2.05, 4.69) is 79.3 Å². The van der Waals surface area contributed by atoms with Crippen molar-refractivity contribution >= 4 is 88.2 Å². The van der Waals surface area contributed by atoms with E-state index in [-0.39, 0.29) is 129 Å². The van der Waals surface area contributed by atoms with E-state index in [0.717, 1.165) is 25.0 Å². The molecule has 1 unspecified atom stereocenters. The van der Waals surface area contributed by atoms with Gasteiger partial charge >= 0.3 is 12.1 Å². The average Bonchev–Trinajstić information content (AvgIpc) is 1.28. The second-order valence-corrected chi connectivity index (χ2v) is 28.4. The van der Waals surface area contributed by atoms with Crippen LogP contribution in [0.25, 0.3) is 0 Å². The van der Waals surface area contributed by atoms with Crippen molar-refractivity contribution in [1.29, 1.82) is 5.53 Å². The van der Waals surface area contributed by atoms with E-state index in [1.54, 1.807) is 51.1 Å². The number of carbonyl (C=O) groups is 10. The van der Waals surface area contributed by atoms with Crippen LogP contribution in [0.5, 0.6) is 0 Å². The Balaban J connectivity index is 0.951. The highest BCUT2D eigenvalue weighted by molar-refractivity contribution is 8.00. The third kappa shape index (κ3) is 36.9. The number of hydrazone groups is 1. The van der Waals surface area contributed by atoms with Crippen LogP contribution < -0.4 is 64.1 Å². The number of unbranched alkanes of at least 4 members (excludes halogenated alkanes) is 5. The number of hydrogen-bond acceptors (Lipinski definition) is 23. The minimum Gasteiger partial charge on any atom is -0.443 e. The molecule has 4 atom stereocenters.